The number of fused-ring (bicyclic) bond motifs is 1. The second-order valence-corrected chi connectivity index (χ2v) is 7.57. The first-order chi connectivity index (χ1) is 12.6. The minimum Gasteiger partial charge on any atom is -0.497 e. The van der Waals surface area contributed by atoms with Gasteiger partial charge in [0.15, 0.2) is 5.16 Å². The van der Waals surface area contributed by atoms with Crippen LogP contribution in [0.3, 0.4) is 0 Å². The molecule has 5 nitrogen and oxygen atoms in total. The molecule has 3 rings (SSSR count). The monoisotopic (exact) mass is 369 g/mol. The highest BCUT2D eigenvalue weighted by atomic mass is 32.2. The third kappa shape index (κ3) is 4.38. The van der Waals surface area contributed by atoms with E-state index in [1.807, 2.05) is 43.3 Å². The summed E-state index contributed by atoms with van der Waals surface area (Å²) >= 11 is 1.42. The molecular formula is C20H23N3O2S. The number of benzene rings is 2. The van der Waals surface area contributed by atoms with Crippen molar-refractivity contribution >= 4 is 28.7 Å². The number of thioether (sulfide) groups is 1. The molecule has 0 aliphatic carbocycles. The van der Waals surface area contributed by atoms with Crippen LogP contribution in [0, 0.1) is 0 Å². The van der Waals surface area contributed by atoms with E-state index in [2.05, 4.69) is 34.3 Å². The summed E-state index contributed by atoms with van der Waals surface area (Å²) in [4.78, 5) is 20.2. The fourth-order valence-electron chi connectivity index (χ4n) is 2.67. The van der Waals surface area contributed by atoms with Crippen molar-refractivity contribution < 1.29 is 9.53 Å². The number of ether oxygens (including phenoxy) is 1. The predicted molar refractivity (Wildman–Crippen MR) is 106 cm³/mol. The zero-order valence-corrected chi connectivity index (χ0v) is 16.0. The van der Waals surface area contributed by atoms with Crippen LogP contribution in [-0.2, 0) is 4.79 Å². The van der Waals surface area contributed by atoms with Crippen molar-refractivity contribution in [3.05, 3.63) is 54.1 Å². The van der Waals surface area contributed by atoms with E-state index in [4.69, 9.17) is 4.74 Å². The molecular weight excluding hydrogens is 346 g/mol. The van der Waals surface area contributed by atoms with E-state index < -0.39 is 0 Å². The molecule has 1 amide bonds. The van der Waals surface area contributed by atoms with Gasteiger partial charge in [-0.05, 0) is 30.5 Å². The van der Waals surface area contributed by atoms with Crippen LogP contribution in [0.15, 0.2) is 53.7 Å². The Balaban J connectivity index is 1.57. The fraction of sp³-hybridized carbons (Fsp3) is 0.300. The number of amides is 1. The maximum absolute atomic E-state index is 12.4. The molecule has 1 heterocycles. The Bertz CT molecular complexity index is 879. The van der Waals surface area contributed by atoms with Crippen molar-refractivity contribution in [1.82, 2.24) is 15.3 Å². The van der Waals surface area contributed by atoms with Crippen LogP contribution in [0.1, 0.15) is 25.3 Å². The first kappa shape index (κ1) is 18.3. The Morgan fingerprint density at radius 2 is 2.00 bits per heavy atom. The summed E-state index contributed by atoms with van der Waals surface area (Å²) in [6.07, 6.45) is 0. The largest absolute Gasteiger partial charge is 0.497 e. The van der Waals surface area contributed by atoms with Crippen molar-refractivity contribution in [2.75, 3.05) is 13.7 Å². The van der Waals surface area contributed by atoms with Crippen LogP contribution in [0.5, 0.6) is 5.75 Å². The maximum atomic E-state index is 12.4. The summed E-state index contributed by atoms with van der Waals surface area (Å²) in [7, 11) is 1.63. The number of aromatic amines is 1. The standard InChI is InChI=1S/C20H23N3O2S/c1-13(15-7-5-4-6-8-15)12-21-19(24)14(2)26-20-22-17-10-9-16(25-3)11-18(17)23-20/h4-11,13-14H,12H2,1-3H3,(H,21,24)(H,22,23). The maximum Gasteiger partial charge on any atom is 0.233 e. The van der Waals surface area contributed by atoms with Crippen LogP contribution < -0.4 is 10.1 Å². The number of carbonyl (C=O) groups excluding carboxylic acids is 1. The molecule has 0 saturated carbocycles. The van der Waals surface area contributed by atoms with Gasteiger partial charge < -0.3 is 15.0 Å². The lowest BCUT2D eigenvalue weighted by atomic mass is 10.0. The second-order valence-electron chi connectivity index (χ2n) is 6.24. The van der Waals surface area contributed by atoms with Crippen LogP contribution in [-0.4, -0.2) is 34.8 Å². The van der Waals surface area contributed by atoms with Gasteiger partial charge in [0.25, 0.3) is 0 Å². The third-order valence-corrected chi connectivity index (χ3v) is 5.26. The van der Waals surface area contributed by atoms with E-state index in [0.717, 1.165) is 21.9 Å². The zero-order chi connectivity index (χ0) is 18.5. The zero-order valence-electron chi connectivity index (χ0n) is 15.2. The van der Waals surface area contributed by atoms with Gasteiger partial charge in [-0.1, -0.05) is 49.0 Å². The summed E-state index contributed by atoms with van der Waals surface area (Å²) in [5.41, 5.74) is 2.98. The van der Waals surface area contributed by atoms with Crippen LogP contribution in [0.2, 0.25) is 0 Å². The van der Waals surface area contributed by atoms with Gasteiger partial charge in [0.2, 0.25) is 5.91 Å². The lowest BCUT2D eigenvalue weighted by Crippen LogP contribution is -2.33. The van der Waals surface area contributed by atoms with Gasteiger partial charge >= 0.3 is 0 Å². The molecule has 0 aliphatic heterocycles. The SMILES string of the molecule is COc1ccc2nc(SC(C)C(=O)NCC(C)c3ccccc3)[nH]c2c1. The number of nitrogens with one attached hydrogen (secondary N) is 2. The molecule has 0 aliphatic rings. The average molecular weight is 369 g/mol. The summed E-state index contributed by atoms with van der Waals surface area (Å²) in [6, 6.07) is 15.9. The summed E-state index contributed by atoms with van der Waals surface area (Å²) < 4.78 is 5.22. The molecule has 0 fully saturated rings. The average Bonchev–Trinajstić information content (AvgIpc) is 3.07. The Morgan fingerprint density at radius 3 is 2.73 bits per heavy atom. The summed E-state index contributed by atoms with van der Waals surface area (Å²) in [5, 5.41) is 3.52. The number of carbonyl (C=O) groups is 1. The second kappa shape index (κ2) is 8.27. The van der Waals surface area contributed by atoms with Crippen molar-refractivity contribution in [3.8, 4) is 5.75 Å². The molecule has 1 aromatic heterocycles. The Morgan fingerprint density at radius 1 is 1.23 bits per heavy atom. The highest BCUT2D eigenvalue weighted by molar-refractivity contribution is 8.00. The molecule has 2 atom stereocenters. The van der Waals surface area contributed by atoms with Crippen molar-refractivity contribution in [1.29, 1.82) is 0 Å². The van der Waals surface area contributed by atoms with Crippen LogP contribution >= 0.6 is 11.8 Å². The van der Waals surface area contributed by atoms with Gasteiger partial charge in [-0.2, -0.15) is 0 Å². The normalized spacial score (nSPS) is 13.3. The number of hydrogen-bond acceptors (Lipinski definition) is 4. The van der Waals surface area contributed by atoms with E-state index in [0.29, 0.717) is 6.54 Å². The molecule has 0 radical (unpaired) electrons. The molecule has 0 bridgehead atoms. The van der Waals surface area contributed by atoms with E-state index in [-0.39, 0.29) is 17.1 Å². The topological polar surface area (TPSA) is 67.0 Å². The predicted octanol–water partition coefficient (Wildman–Crippen LogP) is 3.97. The first-order valence-corrected chi connectivity index (χ1v) is 9.48. The third-order valence-electron chi connectivity index (χ3n) is 4.28. The smallest absolute Gasteiger partial charge is 0.233 e. The number of methoxy groups -OCH3 is 1. The molecule has 2 N–H and O–H groups in total. The van der Waals surface area contributed by atoms with Crippen molar-refractivity contribution in [2.24, 2.45) is 0 Å². The molecule has 0 spiro atoms. The lowest BCUT2D eigenvalue weighted by molar-refractivity contribution is -0.120. The molecule has 0 saturated heterocycles. The first-order valence-electron chi connectivity index (χ1n) is 8.60. The van der Waals surface area contributed by atoms with Crippen LogP contribution in [0.25, 0.3) is 11.0 Å². The van der Waals surface area contributed by atoms with Gasteiger partial charge in [0, 0.05) is 12.6 Å². The molecule has 26 heavy (non-hydrogen) atoms. The van der Waals surface area contributed by atoms with E-state index in [9.17, 15) is 4.79 Å². The Kier molecular flexibility index (Phi) is 5.83. The van der Waals surface area contributed by atoms with Gasteiger partial charge in [-0.3, -0.25) is 4.79 Å². The molecule has 2 aromatic carbocycles. The van der Waals surface area contributed by atoms with Crippen molar-refractivity contribution in [2.45, 2.75) is 30.2 Å². The number of H-pyrrole nitrogens is 1. The Hall–Kier alpha value is -2.47. The molecule has 3 aromatic rings. The molecule has 2 unspecified atom stereocenters. The van der Waals surface area contributed by atoms with E-state index in [1.54, 1.807) is 7.11 Å². The van der Waals surface area contributed by atoms with Crippen LogP contribution in [0.4, 0.5) is 0 Å². The number of imidazole rings is 1. The lowest BCUT2D eigenvalue weighted by Gasteiger charge is -2.15. The minimum absolute atomic E-state index is 0.0100. The highest BCUT2D eigenvalue weighted by Crippen LogP contribution is 2.26. The summed E-state index contributed by atoms with van der Waals surface area (Å²) in [5.74, 6) is 1.06. The van der Waals surface area contributed by atoms with Gasteiger partial charge in [0.1, 0.15) is 5.75 Å². The van der Waals surface area contributed by atoms with E-state index in [1.165, 1.54) is 17.3 Å². The number of hydrogen-bond donors (Lipinski definition) is 2. The van der Waals surface area contributed by atoms with Gasteiger partial charge in [-0.15, -0.1) is 0 Å². The summed E-state index contributed by atoms with van der Waals surface area (Å²) in [6.45, 7) is 4.62. The van der Waals surface area contributed by atoms with Crippen molar-refractivity contribution in [3.63, 3.8) is 0 Å². The Labute approximate surface area is 157 Å². The number of aromatic nitrogens is 2. The number of rotatable bonds is 7. The molecule has 136 valence electrons. The highest BCUT2D eigenvalue weighted by Gasteiger charge is 2.17. The molecule has 6 heteroatoms. The fourth-order valence-corrected chi connectivity index (χ4v) is 3.51. The van der Waals surface area contributed by atoms with Gasteiger partial charge in [-0.25, -0.2) is 4.98 Å². The number of nitrogens with zero attached hydrogens (tertiary/aromatic N) is 1. The van der Waals surface area contributed by atoms with E-state index >= 15 is 0 Å². The van der Waals surface area contributed by atoms with Gasteiger partial charge in [0.05, 0.1) is 23.4 Å². The minimum atomic E-state index is -0.236. The quantitative estimate of drug-likeness (QED) is 0.619.